The lowest BCUT2D eigenvalue weighted by atomic mass is 9.87. The number of anilines is 2. The van der Waals surface area contributed by atoms with Crippen molar-refractivity contribution >= 4 is 23.5 Å². The van der Waals surface area contributed by atoms with Gasteiger partial charge in [-0.05, 0) is 98.9 Å². The first kappa shape index (κ1) is 39.6. The van der Waals surface area contributed by atoms with Gasteiger partial charge >= 0.3 is 0 Å². The van der Waals surface area contributed by atoms with E-state index in [0.29, 0.717) is 42.5 Å². The SMILES string of the molecule is COc1ccc(C2CC(=O)Nc3[nH]ncc32)cc1OC1CCCC1.COc1ccc(Cn2ncc3c2NC(=O)CC3c2ccc(OC)c(OC3CCCC3)c2)c(OC)c1. The van der Waals surface area contributed by atoms with Crippen molar-refractivity contribution in [1.82, 2.24) is 20.0 Å². The number of fused-ring (bicyclic) bond motifs is 2. The minimum atomic E-state index is -0.123. The molecule has 9 rings (SSSR count). The Morgan fingerprint density at radius 1 is 0.627 bits per heavy atom. The number of carbonyl (C=O) groups excluding carboxylic acids is 2. The second-order valence-corrected chi connectivity index (χ2v) is 15.5. The van der Waals surface area contributed by atoms with Gasteiger partial charge in [0.1, 0.15) is 23.1 Å². The fourth-order valence-electron chi connectivity index (χ4n) is 8.65. The van der Waals surface area contributed by atoms with Crippen LogP contribution in [0.4, 0.5) is 11.6 Å². The lowest BCUT2D eigenvalue weighted by Crippen LogP contribution is -2.25. The predicted molar refractivity (Wildman–Crippen MR) is 221 cm³/mol. The van der Waals surface area contributed by atoms with E-state index < -0.39 is 0 Å². The molecule has 14 heteroatoms. The highest BCUT2D eigenvalue weighted by atomic mass is 16.5. The molecule has 0 saturated heterocycles. The summed E-state index contributed by atoms with van der Waals surface area (Å²) in [5.74, 6) is 5.56. The fourth-order valence-corrected chi connectivity index (χ4v) is 8.65. The molecule has 2 saturated carbocycles. The van der Waals surface area contributed by atoms with Crippen molar-refractivity contribution in [1.29, 1.82) is 0 Å². The molecule has 2 fully saturated rings. The largest absolute Gasteiger partial charge is 0.497 e. The van der Waals surface area contributed by atoms with E-state index in [1.165, 1.54) is 25.7 Å². The molecule has 4 aliphatic rings. The number of rotatable bonds is 12. The Labute approximate surface area is 343 Å². The van der Waals surface area contributed by atoms with Gasteiger partial charge in [-0.1, -0.05) is 12.1 Å². The standard InChI is InChI=1S/C27H31N3O5.C18H21N3O3/c1-32-20-10-8-18(24(13-20)34-3)16-30-27-22(15-28-30)21(14-26(31)29-27)17-9-11-23(33-2)25(12-17)35-19-6-4-5-7-19;1-23-15-7-6-11(8-16(15)24-12-4-2-3-5-12)13-9-17(22)20-18-14(13)10-19-21-18/h8-13,15,19,21H,4-7,14,16H2,1-3H3,(H,29,31);6-8,10,12-13H,2-5,9H2,1H3,(H2,19,20,21,22). The summed E-state index contributed by atoms with van der Waals surface area (Å²) >= 11 is 0. The zero-order valence-corrected chi connectivity index (χ0v) is 34.0. The number of aromatic amines is 1. The number of carbonyl (C=O) groups is 2. The molecule has 3 aromatic carbocycles. The molecule has 4 heterocycles. The quantitative estimate of drug-likeness (QED) is 0.113. The van der Waals surface area contributed by atoms with Gasteiger partial charge in [0.05, 0.1) is 59.6 Å². The molecule has 2 unspecified atom stereocenters. The van der Waals surface area contributed by atoms with Crippen molar-refractivity contribution in [3.8, 4) is 34.5 Å². The van der Waals surface area contributed by atoms with Crippen LogP contribution in [-0.4, -0.2) is 72.4 Å². The van der Waals surface area contributed by atoms with E-state index in [0.717, 1.165) is 76.5 Å². The lowest BCUT2D eigenvalue weighted by molar-refractivity contribution is -0.117. The molecule has 2 atom stereocenters. The summed E-state index contributed by atoms with van der Waals surface area (Å²) in [5.41, 5.74) is 4.98. The van der Waals surface area contributed by atoms with Crippen LogP contribution in [0.1, 0.15) is 104 Å². The highest BCUT2D eigenvalue weighted by molar-refractivity contribution is 5.95. The van der Waals surface area contributed by atoms with E-state index in [2.05, 4.69) is 25.9 Å². The fraction of sp³-hybridized carbons (Fsp3) is 0.422. The average Bonchev–Trinajstić information content (AvgIpc) is 4.11. The zero-order valence-electron chi connectivity index (χ0n) is 34.0. The molecule has 2 aliphatic carbocycles. The van der Waals surface area contributed by atoms with Gasteiger partial charge in [0.2, 0.25) is 11.8 Å². The first-order valence-corrected chi connectivity index (χ1v) is 20.4. The van der Waals surface area contributed by atoms with Gasteiger partial charge in [-0.25, -0.2) is 4.68 Å². The summed E-state index contributed by atoms with van der Waals surface area (Å²) in [6, 6.07) is 17.6. The molecule has 0 radical (unpaired) electrons. The Kier molecular flexibility index (Phi) is 11.9. The van der Waals surface area contributed by atoms with Gasteiger partial charge < -0.3 is 39.1 Å². The summed E-state index contributed by atoms with van der Waals surface area (Å²) in [5, 5.41) is 17.4. The first-order valence-electron chi connectivity index (χ1n) is 20.4. The maximum Gasteiger partial charge on any atom is 0.226 e. The summed E-state index contributed by atoms with van der Waals surface area (Å²) in [4.78, 5) is 24.7. The van der Waals surface area contributed by atoms with Gasteiger partial charge in [-0.3, -0.25) is 14.7 Å². The van der Waals surface area contributed by atoms with Crippen LogP contribution in [0.15, 0.2) is 67.0 Å². The molecule has 14 nitrogen and oxygen atoms in total. The number of ether oxygens (including phenoxy) is 6. The smallest absolute Gasteiger partial charge is 0.226 e. The number of nitrogens with zero attached hydrogens (tertiary/aromatic N) is 3. The lowest BCUT2D eigenvalue weighted by Gasteiger charge is -2.25. The molecule has 2 amide bonds. The topological polar surface area (TPSA) is 160 Å². The van der Waals surface area contributed by atoms with Crippen LogP contribution in [-0.2, 0) is 16.1 Å². The average molecular weight is 805 g/mol. The molecule has 0 spiro atoms. The Balaban J connectivity index is 0.000000176. The first-order chi connectivity index (χ1) is 28.8. The molecule has 2 aliphatic heterocycles. The van der Waals surface area contributed by atoms with Crippen molar-refractivity contribution in [2.24, 2.45) is 0 Å². The van der Waals surface area contributed by atoms with E-state index in [1.807, 2.05) is 65.5 Å². The molecule has 5 aromatic rings. The van der Waals surface area contributed by atoms with E-state index in [-0.39, 0.29) is 35.9 Å². The number of nitrogens with one attached hydrogen (secondary N) is 3. The Morgan fingerprint density at radius 2 is 1.20 bits per heavy atom. The van der Waals surface area contributed by atoms with Crippen LogP contribution in [0, 0.1) is 0 Å². The Hall–Kier alpha value is -6.18. The highest BCUT2D eigenvalue weighted by Gasteiger charge is 2.32. The second kappa shape index (κ2) is 17.8. The van der Waals surface area contributed by atoms with Crippen molar-refractivity contribution in [3.63, 3.8) is 0 Å². The minimum Gasteiger partial charge on any atom is -0.497 e. The third kappa shape index (κ3) is 8.67. The molecular weight excluding hydrogens is 753 g/mol. The number of hydrogen-bond acceptors (Lipinski definition) is 10. The number of H-pyrrole nitrogens is 1. The van der Waals surface area contributed by atoms with E-state index in [4.69, 9.17) is 28.4 Å². The second-order valence-electron chi connectivity index (χ2n) is 15.5. The molecule has 59 heavy (non-hydrogen) atoms. The van der Waals surface area contributed by atoms with Gasteiger partial charge in [-0.2, -0.15) is 10.2 Å². The molecule has 0 bridgehead atoms. The number of aromatic nitrogens is 4. The van der Waals surface area contributed by atoms with Gasteiger partial charge in [-0.15, -0.1) is 0 Å². The highest BCUT2D eigenvalue weighted by Crippen LogP contribution is 2.43. The van der Waals surface area contributed by atoms with Crippen LogP contribution in [0.3, 0.4) is 0 Å². The molecule has 3 N–H and O–H groups in total. The van der Waals surface area contributed by atoms with Crippen LogP contribution in [0.2, 0.25) is 0 Å². The van der Waals surface area contributed by atoms with Gasteiger partial charge in [0.15, 0.2) is 23.0 Å². The van der Waals surface area contributed by atoms with Crippen molar-refractivity contribution < 1.29 is 38.0 Å². The van der Waals surface area contributed by atoms with E-state index in [1.54, 1.807) is 34.6 Å². The normalized spacial score (nSPS) is 18.8. The van der Waals surface area contributed by atoms with Crippen LogP contribution < -0.4 is 39.1 Å². The zero-order chi connectivity index (χ0) is 40.9. The molecule has 2 aromatic heterocycles. The van der Waals surface area contributed by atoms with Crippen LogP contribution in [0.25, 0.3) is 0 Å². The summed E-state index contributed by atoms with van der Waals surface area (Å²) in [6.45, 7) is 0.453. The van der Waals surface area contributed by atoms with Gasteiger partial charge in [0, 0.05) is 47.4 Å². The third-order valence-corrected chi connectivity index (χ3v) is 11.8. The predicted octanol–water partition coefficient (Wildman–Crippen LogP) is 7.97. The maximum absolute atomic E-state index is 12.8. The summed E-state index contributed by atoms with van der Waals surface area (Å²) in [6.07, 6.45) is 14.0. The third-order valence-electron chi connectivity index (χ3n) is 11.8. The number of benzene rings is 3. The van der Waals surface area contributed by atoms with E-state index >= 15 is 0 Å². The van der Waals surface area contributed by atoms with Crippen molar-refractivity contribution in [2.45, 2.75) is 94.8 Å². The number of amides is 2. The molecule has 310 valence electrons. The monoisotopic (exact) mass is 804 g/mol. The van der Waals surface area contributed by atoms with Crippen LogP contribution in [0.5, 0.6) is 34.5 Å². The van der Waals surface area contributed by atoms with Crippen LogP contribution >= 0.6 is 0 Å². The maximum atomic E-state index is 12.8. The van der Waals surface area contributed by atoms with E-state index in [9.17, 15) is 9.59 Å². The summed E-state index contributed by atoms with van der Waals surface area (Å²) < 4.78 is 36.1. The van der Waals surface area contributed by atoms with Crippen molar-refractivity contribution in [3.05, 3.63) is 94.8 Å². The Morgan fingerprint density at radius 3 is 1.78 bits per heavy atom. The number of methoxy groups -OCH3 is 4. The summed E-state index contributed by atoms with van der Waals surface area (Å²) in [7, 11) is 6.56. The van der Waals surface area contributed by atoms with Gasteiger partial charge in [0.25, 0.3) is 0 Å². The number of hydrogen-bond donors (Lipinski definition) is 3. The van der Waals surface area contributed by atoms with Crippen molar-refractivity contribution in [2.75, 3.05) is 39.1 Å². The Bertz CT molecular complexity index is 2270. The minimum absolute atomic E-state index is 0.00849. The molecular formula is C45H52N6O8.